The molecule has 0 fully saturated rings. The number of rotatable bonds is 2. The Balaban J connectivity index is 1.88. The number of anilines is 1. The first kappa shape index (κ1) is 19.1. The first-order chi connectivity index (χ1) is 13.2. The smallest absolute Gasteiger partial charge is 0.233 e. The molecule has 0 radical (unpaired) electrons. The lowest BCUT2D eigenvalue weighted by molar-refractivity contribution is -0.121. The summed E-state index contributed by atoms with van der Waals surface area (Å²) in [6.45, 7) is 6.21. The summed E-state index contributed by atoms with van der Waals surface area (Å²) < 4.78 is 0.854. The van der Waals surface area contributed by atoms with Gasteiger partial charge in [-0.25, -0.2) is 4.98 Å². The molecule has 144 valence electrons. The minimum atomic E-state index is -0.182. The van der Waals surface area contributed by atoms with E-state index in [2.05, 4.69) is 34.8 Å². The number of aryl methyl sites for hydroxylation is 1. The van der Waals surface area contributed by atoms with Crippen molar-refractivity contribution in [3.63, 3.8) is 0 Å². The predicted molar refractivity (Wildman–Crippen MR) is 113 cm³/mol. The number of pyridine rings is 1. The summed E-state index contributed by atoms with van der Waals surface area (Å²) >= 11 is 3.39. The zero-order valence-corrected chi connectivity index (χ0v) is 17.9. The molecule has 0 spiro atoms. The predicted octanol–water partition coefficient (Wildman–Crippen LogP) is 5.32. The first-order valence-electron chi connectivity index (χ1n) is 9.52. The van der Waals surface area contributed by atoms with Crippen LogP contribution in [0.1, 0.15) is 50.2 Å². The van der Waals surface area contributed by atoms with Gasteiger partial charge in [-0.05, 0) is 52.4 Å². The van der Waals surface area contributed by atoms with Crippen molar-refractivity contribution in [1.29, 1.82) is 0 Å². The zero-order chi connectivity index (χ0) is 20.1. The molecule has 4 rings (SSSR count). The van der Waals surface area contributed by atoms with E-state index in [4.69, 9.17) is 0 Å². The molecule has 1 atom stereocenters. The van der Waals surface area contributed by atoms with Crippen LogP contribution in [0.4, 0.5) is 5.82 Å². The van der Waals surface area contributed by atoms with Crippen LogP contribution in [0.2, 0.25) is 0 Å². The number of aromatic nitrogens is 1. The molecule has 1 aromatic carbocycles. The van der Waals surface area contributed by atoms with Crippen LogP contribution in [-0.2, 0) is 9.59 Å². The van der Waals surface area contributed by atoms with E-state index in [-0.39, 0.29) is 29.4 Å². The largest absolute Gasteiger partial charge is 0.294 e. The van der Waals surface area contributed by atoms with E-state index in [1.807, 2.05) is 43.3 Å². The van der Waals surface area contributed by atoms with Crippen molar-refractivity contribution in [2.24, 2.45) is 5.41 Å². The van der Waals surface area contributed by atoms with Crippen molar-refractivity contribution in [3.8, 4) is 0 Å². The summed E-state index contributed by atoms with van der Waals surface area (Å²) in [6, 6.07) is 11.9. The van der Waals surface area contributed by atoms with Crippen molar-refractivity contribution in [3.05, 3.63) is 69.5 Å². The van der Waals surface area contributed by atoms with Gasteiger partial charge in [-0.3, -0.25) is 14.5 Å². The van der Waals surface area contributed by atoms with Crippen LogP contribution in [0.15, 0.2) is 58.3 Å². The van der Waals surface area contributed by atoms with Crippen LogP contribution in [0, 0.1) is 12.3 Å². The van der Waals surface area contributed by atoms with Crippen molar-refractivity contribution in [1.82, 2.24) is 4.98 Å². The Hall–Kier alpha value is -2.27. The summed E-state index contributed by atoms with van der Waals surface area (Å²) in [7, 11) is 0. The number of carbonyl (C=O) groups is 2. The highest BCUT2D eigenvalue weighted by molar-refractivity contribution is 9.10. The van der Waals surface area contributed by atoms with Gasteiger partial charge in [0.05, 0.1) is 0 Å². The van der Waals surface area contributed by atoms with E-state index in [1.54, 1.807) is 11.1 Å². The second-order valence-electron chi connectivity index (χ2n) is 8.53. The third-order valence-electron chi connectivity index (χ3n) is 5.56. The standard InChI is InChI=1S/C23H23BrN2O2/c1-14-4-6-15(7-5-14)17-10-21(28)26(20-9-8-16(24)13-25-20)18-11-23(2,3)12-19(27)22(17)18/h4-9,13,17H,10-12H2,1-3H3. The molecular weight excluding hydrogens is 416 g/mol. The Bertz CT molecular complexity index is 975. The van der Waals surface area contributed by atoms with Gasteiger partial charge in [0.25, 0.3) is 0 Å². The summed E-state index contributed by atoms with van der Waals surface area (Å²) in [5, 5.41) is 0. The van der Waals surface area contributed by atoms with Crippen molar-refractivity contribution in [2.45, 2.75) is 46.0 Å². The lowest BCUT2D eigenvalue weighted by atomic mass is 9.69. The minimum Gasteiger partial charge on any atom is -0.294 e. The molecule has 28 heavy (non-hydrogen) atoms. The minimum absolute atomic E-state index is 0.00959. The van der Waals surface area contributed by atoms with E-state index in [9.17, 15) is 9.59 Å². The summed E-state index contributed by atoms with van der Waals surface area (Å²) in [4.78, 5) is 32.6. The number of hydrogen-bond acceptors (Lipinski definition) is 3. The molecule has 1 aliphatic carbocycles. The van der Waals surface area contributed by atoms with Gasteiger partial charge in [-0.15, -0.1) is 0 Å². The topological polar surface area (TPSA) is 50.3 Å². The highest BCUT2D eigenvalue weighted by Gasteiger charge is 2.44. The average molecular weight is 439 g/mol. The summed E-state index contributed by atoms with van der Waals surface area (Å²) in [6.07, 6.45) is 3.15. The molecule has 2 heterocycles. The van der Waals surface area contributed by atoms with Gasteiger partial charge in [0.2, 0.25) is 5.91 Å². The molecule has 5 heteroatoms. The Labute approximate surface area is 173 Å². The van der Waals surface area contributed by atoms with Gasteiger partial charge < -0.3 is 0 Å². The molecule has 4 nitrogen and oxygen atoms in total. The lowest BCUT2D eigenvalue weighted by Crippen LogP contribution is -2.44. The molecule has 1 aromatic heterocycles. The normalized spacial score (nSPS) is 21.7. The molecule has 1 unspecified atom stereocenters. The highest BCUT2D eigenvalue weighted by Crippen LogP contribution is 2.47. The van der Waals surface area contributed by atoms with Crippen molar-refractivity contribution >= 4 is 33.4 Å². The van der Waals surface area contributed by atoms with E-state index < -0.39 is 0 Å². The number of nitrogens with zero attached hydrogens (tertiary/aromatic N) is 2. The number of carbonyl (C=O) groups excluding carboxylic acids is 2. The number of halogens is 1. The van der Waals surface area contributed by atoms with Crippen LogP contribution < -0.4 is 4.90 Å². The number of hydrogen-bond donors (Lipinski definition) is 0. The Morgan fingerprint density at radius 1 is 1.07 bits per heavy atom. The Morgan fingerprint density at radius 3 is 2.43 bits per heavy atom. The van der Waals surface area contributed by atoms with E-state index in [1.165, 1.54) is 0 Å². The molecule has 0 N–H and O–H groups in total. The highest BCUT2D eigenvalue weighted by atomic mass is 79.9. The van der Waals surface area contributed by atoms with E-state index in [0.717, 1.165) is 26.9 Å². The van der Waals surface area contributed by atoms with Gasteiger partial charge in [0.15, 0.2) is 5.78 Å². The van der Waals surface area contributed by atoms with Crippen LogP contribution in [-0.4, -0.2) is 16.7 Å². The molecule has 2 aromatic rings. The first-order valence-corrected chi connectivity index (χ1v) is 10.3. The molecule has 1 aliphatic heterocycles. The van der Waals surface area contributed by atoms with Crippen LogP contribution in [0.25, 0.3) is 0 Å². The molecule has 0 saturated heterocycles. The van der Waals surface area contributed by atoms with E-state index >= 15 is 0 Å². The lowest BCUT2D eigenvalue weighted by Gasteiger charge is -2.42. The number of benzene rings is 1. The maximum Gasteiger partial charge on any atom is 0.233 e. The van der Waals surface area contributed by atoms with Crippen LogP contribution in [0.5, 0.6) is 0 Å². The second kappa shape index (κ2) is 6.96. The number of allylic oxidation sites excluding steroid dienone is 2. The number of Topliss-reactive ketones (excluding diaryl/α,β-unsaturated/α-hetero) is 1. The molecule has 2 aliphatic rings. The Kier molecular flexibility index (Phi) is 4.74. The summed E-state index contributed by atoms with van der Waals surface area (Å²) in [5.74, 6) is 0.531. The monoisotopic (exact) mass is 438 g/mol. The van der Waals surface area contributed by atoms with Gasteiger partial charge in [-0.2, -0.15) is 0 Å². The van der Waals surface area contributed by atoms with Gasteiger partial charge in [0.1, 0.15) is 5.82 Å². The van der Waals surface area contributed by atoms with Crippen LogP contribution in [0.3, 0.4) is 0 Å². The fourth-order valence-electron chi connectivity index (χ4n) is 4.26. The quantitative estimate of drug-likeness (QED) is 0.637. The second-order valence-corrected chi connectivity index (χ2v) is 9.45. The van der Waals surface area contributed by atoms with Crippen LogP contribution >= 0.6 is 15.9 Å². The van der Waals surface area contributed by atoms with Gasteiger partial charge in [0, 0.05) is 40.7 Å². The molecular formula is C23H23BrN2O2. The maximum atomic E-state index is 13.2. The third-order valence-corrected chi connectivity index (χ3v) is 6.03. The average Bonchev–Trinajstić information content (AvgIpc) is 2.62. The van der Waals surface area contributed by atoms with Crippen molar-refractivity contribution in [2.75, 3.05) is 4.90 Å². The van der Waals surface area contributed by atoms with E-state index in [0.29, 0.717) is 18.7 Å². The van der Waals surface area contributed by atoms with Gasteiger partial charge >= 0.3 is 0 Å². The summed E-state index contributed by atoms with van der Waals surface area (Å²) in [5.41, 5.74) is 3.61. The molecule has 1 amide bonds. The van der Waals surface area contributed by atoms with Gasteiger partial charge in [-0.1, -0.05) is 43.7 Å². The Morgan fingerprint density at radius 2 is 1.79 bits per heavy atom. The number of amides is 1. The number of ketones is 1. The fourth-order valence-corrected chi connectivity index (χ4v) is 4.50. The fraction of sp³-hybridized carbons (Fsp3) is 0.348. The zero-order valence-electron chi connectivity index (χ0n) is 16.3. The SMILES string of the molecule is Cc1ccc(C2CC(=O)N(c3ccc(Br)cn3)C3=C2C(=O)CC(C)(C)C3)cc1. The molecule has 0 bridgehead atoms. The van der Waals surface area contributed by atoms with Crippen molar-refractivity contribution < 1.29 is 9.59 Å². The maximum absolute atomic E-state index is 13.2. The molecule has 0 saturated carbocycles. The third kappa shape index (κ3) is 3.44.